The summed E-state index contributed by atoms with van der Waals surface area (Å²) in [6.07, 6.45) is 10.6. The molecule has 6 rings (SSSR count). The van der Waals surface area contributed by atoms with Crippen LogP contribution in [0.15, 0.2) is 30.3 Å². The smallest absolute Gasteiger partial charge is 0.325 e. The molecule has 0 spiro atoms. The number of hydrogen-bond donors (Lipinski definition) is 2. The van der Waals surface area contributed by atoms with Crippen LogP contribution in [0.4, 0.5) is 5.82 Å². The summed E-state index contributed by atoms with van der Waals surface area (Å²) >= 11 is 0. The molecule has 222 valence electrons. The fourth-order valence-electron chi connectivity index (χ4n) is 6.55. The third-order valence-electron chi connectivity index (χ3n) is 9.28. The van der Waals surface area contributed by atoms with Gasteiger partial charge >= 0.3 is 5.97 Å². The Hall–Kier alpha value is -2.68. The molecule has 1 aliphatic carbocycles. The first-order valence-electron chi connectivity index (χ1n) is 15.7. The molecule has 3 fully saturated rings. The number of anilines is 1. The Bertz CT molecular complexity index is 1200. The summed E-state index contributed by atoms with van der Waals surface area (Å²) in [4.78, 5) is 19.5. The van der Waals surface area contributed by atoms with Gasteiger partial charge in [0.25, 0.3) is 0 Å². The van der Waals surface area contributed by atoms with Crippen LogP contribution in [-0.4, -0.2) is 72.6 Å². The zero-order valence-corrected chi connectivity index (χ0v) is 24.4. The van der Waals surface area contributed by atoms with Gasteiger partial charge in [-0.3, -0.25) is 9.69 Å². The van der Waals surface area contributed by atoms with Crippen molar-refractivity contribution in [3.05, 3.63) is 52.7 Å². The third kappa shape index (κ3) is 6.71. The molecule has 0 bridgehead atoms. The topological polar surface area (TPSA) is 93.2 Å². The number of pyridine rings is 1. The standard InChI is InChI=1S/C33H45N3O5/c1-33(15-16-33)29-27(9-5-10-28(29)41-25-13-19-39-20-14-25)30(32(37)38)36-21-26(22-36)40-18-4-2-3-8-24-12-11-23-7-6-17-34-31(23)35-24/h5,9-12,25-26,30H,2-4,6-8,13-22H2,1H3,(H,34,35)(H,37,38). The van der Waals surface area contributed by atoms with E-state index in [2.05, 4.69) is 24.4 Å². The first kappa shape index (κ1) is 28.4. The van der Waals surface area contributed by atoms with Crippen LogP contribution in [0.1, 0.15) is 86.7 Å². The summed E-state index contributed by atoms with van der Waals surface area (Å²) in [5.41, 5.74) is 4.45. The number of carboxylic acids is 1. The summed E-state index contributed by atoms with van der Waals surface area (Å²) in [5.74, 6) is 1.13. The molecule has 1 aromatic carbocycles. The number of benzene rings is 1. The average Bonchev–Trinajstić information content (AvgIpc) is 3.71. The van der Waals surface area contributed by atoms with E-state index < -0.39 is 12.0 Å². The zero-order chi connectivity index (χ0) is 28.2. The molecule has 8 nitrogen and oxygen atoms in total. The fraction of sp³-hybridized carbons (Fsp3) is 0.636. The highest BCUT2D eigenvalue weighted by Gasteiger charge is 2.47. The lowest BCUT2D eigenvalue weighted by Gasteiger charge is -2.43. The molecule has 41 heavy (non-hydrogen) atoms. The predicted molar refractivity (Wildman–Crippen MR) is 158 cm³/mol. The maximum Gasteiger partial charge on any atom is 0.325 e. The van der Waals surface area contributed by atoms with E-state index in [0.29, 0.717) is 32.9 Å². The molecule has 1 atom stereocenters. The van der Waals surface area contributed by atoms with Gasteiger partial charge < -0.3 is 24.6 Å². The number of rotatable bonds is 13. The molecule has 4 aliphatic rings. The van der Waals surface area contributed by atoms with Gasteiger partial charge in [-0.25, -0.2) is 4.98 Å². The highest BCUT2D eigenvalue weighted by molar-refractivity contribution is 5.77. The Kier molecular flexibility index (Phi) is 8.79. The minimum Gasteiger partial charge on any atom is -0.490 e. The minimum atomic E-state index is -0.803. The van der Waals surface area contributed by atoms with Crippen molar-refractivity contribution in [2.75, 3.05) is 44.8 Å². The van der Waals surface area contributed by atoms with E-state index >= 15 is 0 Å². The number of hydrogen-bond acceptors (Lipinski definition) is 7. The number of fused-ring (bicyclic) bond motifs is 1. The fourth-order valence-corrected chi connectivity index (χ4v) is 6.55. The molecule has 8 heteroatoms. The van der Waals surface area contributed by atoms with E-state index in [0.717, 1.165) is 92.7 Å². The quantitative estimate of drug-likeness (QED) is 0.318. The van der Waals surface area contributed by atoms with E-state index in [4.69, 9.17) is 19.2 Å². The van der Waals surface area contributed by atoms with Crippen LogP contribution in [0.5, 0.6) is 5.75 Å². The molecule has 2 aromatic rings. The summed E-state index contributed by atoms with van der Waals surface area (Å²) in [6, 6.07) is 9.70. The van der Waals surface area contributed by atoms with Crippen LogP contribution >= 0.6 is 0 Å². The Morgan fingerprint density at radius 3 is 2.76 bits per heavy atom. The highest BCUT2D eigenvalue weighted by Crippen LogP contribution is 2.54. The molecule has 2 N–H and O–H groups in total. The van der Waals surface area contributed by atoms with Crippen molar-refractivity contribution < 1.29 is 24.1 Å². The van der Waals surface area contributed by atoms with Gasteiger partial charge in [-0.05, 0) is 73.6 Å². The lowest BCUT2D eigenvalue weighted by molar-refractivity contribution is -0.151. The van der Waals surface area contributed by atoms with Crippen LogP contribution in [0.3, 0.4) is 0 Å². The van der Waals surface area contributed by atoms with Crippen LogP contribution in [-0.2, 0) is 32.5 Å². The summed E-state index contributed by atoms with van der Waals surface area (Å²) in [7, 11) is 0. The number of likely N-dealkylation sites (tertiary alicyclic amines) is 1. The molecule has 1 aromatic heterocycles. The molecule has 0 radical (unpaired) electrons. The average molecular weight is 564 g/mol. The molecule has 4 heterocycles. The van der Waals surface area contributed by atoms with Crippen LogP contribution < -0.4 is 10.1 Å². The molecule has 0 amide bonds. The van der Waals surface area contributed by atoms with Crippen molar-refractivity contribution in [1.82, 2.24) is 9.88 Å². The van der Waals surface area contributed by atoms with E-state index in [1.54, 1.807) is 0 Å². The van der Waals surface area contributed by atoms with Crippen LogP contribution in [0.2, 0.25) is 0 Å². The van der Waals surface area contributed by atoms with Crippen LogP contribution in [0.25, 0.3) is 0 Å². The molecule has 2 saturated heterocycles. The maximum absolute atomic E-state index is 12.6. The Labute approximate surface area is 243 Å². The lowest BCUT2D eigenvalue weighted by Crippen LogP contribution is -2.55. The zero-order valence-electron chi connectivity index (χ0n) is 24.4. The Balaban J connectivity index is 0.990. The van der Waals surface area contributed by atoms with E-state index in [1.807, 2.05) is 23.1 Å². The van der Waals surface area contributed by atoms with Crippen molar-refractivity contribution in [1.29, 1.82) is 0 Å². The second-order valence-electron chi connectivity index (χ2n) is 12.5. The number of nitrogens with zero attached hydrogens (tertiary/aromatic N) is 2. The Morgan fingerprint density at radius 2 is 1.98 bits per heavy atom. The molecule has 3 aliphatic heterocycles. The van der Waals surface area contributed by atoms with Gasteiger partial charge in [0.2, 0.25) is 0 Å². The van der Waals surface area contributed by atoms with Gasteiger partial charge in [0.15, 0.2) is 0 Å². The third-order valence-corrected chi connectivity index (χ3v) is 9.28. The van der Waals surface area contributed by atoms with Gasteiger partial charge in [0.05, 0.1) is 19.3 Å². The largest absolute Gasteiger partial charge is 0.490 e. The number of carboxylic acid groups (broad SMARTS) is 1. The highest BCUT2D eigenvalue weighted by atomic mass is 16.5. The monoisotopic (exact) mass is 563 g/mol. The number of aryl methyl sites for hydroxylation is 2. The second-order valence-corrected chi connectivity index (χ2v) is 12.5. The van der Waals surface area contributed by atoms with E-state index in [9.17, 15) is 9.90 Å². The van der Waals surface area contributed by atoms with Gasteiger partial charge in [0.1, 0.15) is 23.7 Å². The van der Waals surface area contributed by atoms with Crippen molar-refractivity contribution in [2.45, 2.75) is 94.8 Å². The van der Waals surface area contributed by atoms with Crippen molar-refractivity contribution in [3.8, 4) is 5.75 Å². The molecule has 1 saturated carbocycles. The van der Waals surface area contributed by atoms with Crippen molar-refractivity contribution >= 4 is 11.8 Å². The first-order chi connectivity index (χ1) is 20.0. The predicted octanol–water partition coefficient (Wildman–Crippen LogP) is 5.29. The number of carbonyl (C=O) groups is 1. The molecular weight excluding hydrogens is 518 g/mol. The number of ether oxygens (including phenoxy) is 3. The number of nitrogens with one attached hydrogen (secondary N) is 1. The Morgan fingerprint density at radius 1 is 1.15 bits per heavy atom. The summed E-state index contributed by atoms with van der Waals surface area (Å²) in [5, 5.41) is 13.8. The lowest BCUT2D eigenvalue weighted by atomic mass is 9.86. The number of aromatic nitrogens is 1. The minimum absolute atomic E-state index is 0.0172. The first-order valence-corrected chi connectivity index (χ1v) is 15.7. The normalized spacial score (nSPS) is 21.4. The number of aliphatic carboxylic acids is 1. The van der Waals surface area contributed by atoms with Gasteiger partial charge in [-0.1, -0.05) is 31.5 Å². The maximum atomic E-state index is 12.6. The van der Waals surface area contributed by atoms with Crippen LogP contribution in [0, 0.1) is 0 Å². The van der Waals surface area contributed by atoms with Gasteiger partial charge in [0, 0.05) is 50.3 Å². The summed E-state index contributed by atoms with van der Waals surface area (Å²) in [6.45, 7) is 6.69. The SMILES string of the molecule is CC1(c2c(OC3CCOCC3)cccc2C(C(=O)O)N2CC(OCCCCCc3ccc4c(n3)NCCC4)C2)CC1. The van der Waals surface area contributed by atoms with Gasteiger partial charge in [-0.2, -0.15) is 0 Å². The molecular formula is C33H45N3O5. The second kappa shape index (κ2) is 12.7. The van der Waals surface area contributed by atoms with Crippen molar-refractivity contribution in [2.24, 2.45) is 0 Å². The van der Waals surface area contributed by atoms with E-state index in [-0.39, 0.29) is 17.6 Å². The summed E-state index contributed by atoms with van der Waals surface area (Å²) < 4.78 is 18.1. The molecule has 1 unspecified atom stereocenters. The van der Waals surface area contributed by atoms with Gasteiger partial charge in [-0.15, -0.1) is 0 Å². The number of unbranched alkanes of at least 4 members (excludes halogenated alkanes) is 2. The van der Waals surface area contributed by atoms with E-state index in [1.165, 1.54) is 12.0 Å². The van der Waals surface area contributed by atoms with Crippen molar-refractivity contribution in [3.63, 3.8) is 0 Å².